The number of anilines is 2. The molecule has 0 unspecified atom stereocenters. The van der Waals surface area contributed by atoms with Crippen LogP contribution in [0.5, 0.6) is 0 Å². The average molecular weight is 248 g/mol. The van der Waals surface area contributed by atoms with Crippen LogP contribution in [-0.2, 0) is 9.59 Å². The third-order valence-electron chi connectivity index (χ3n) is 2.47. The fraction of sp³-hybridized carbons (Fsp3) is 0.429. The smallest absolute Gasteiger partial charge is 0.226 e. The van der Waals surface area contributed by atoms with E-state index in [1.165, 1.54) is 0 Å². The minimum Gasteiger partial charge on any atom is -0.326 e. The Morgan fingerprint density at radius 1 is 0.778 bits per heavy atom. The van der Waals surface area contributed by atoms with E-state index in [4.69, 9.17) is 0 Å². The SMILES string of the molecule is CC(C)C(=O)Nc1ccc(NC(=O)C(C)C)cc1. The first-order chi connectivity index (χ1) is 8.40. The summed E-state index contributed by atoms with van der Waals surface area (Å²) in [6.45, 7) is 7.36. The van der Waals surface area contributed by atoms with Gasteiger partial charge in [-0.3, -0.25) is 9.59 Å². The predicted molar refractivity (Wildman–Crippen MR) is 73.4 cm³/mol. The summed E-state index contributed by atoms with van der Waals surface area (Å²) in [5.41, 5.74) is 1.47. The maximum Gasteiger partial charge on any atom is 0.226 e. The van der Waals surface area contributed by atoms with Gasteiger partial charge in [0.2, 0.25) is 11.8 Å². The number of carbonyl (C=O) groups excluding carboxylic acids is 2. The van der Waals surface area contributed by atoms with Gasteiger partial charge in [0.15, 0.2) is 0 Å². The van der Waals surface area contributed by atoms with E-state index in [1.54, 1.807) is 24.3 Å². The maximum absolute atomic E-state index is 11.5. The van der Waals surface area contributed by atoms with Crippen LogP contribution >= 0.6 is 0 Å². The highest BCUT2D eigenvalue weighted by atomic mass is 16.2. The Balaban J connectivity index is 2.63. The minimum atomic E-state index is -0.0506. The first-order valence-corrected chi connectivity index (χ1v) is 6.12. The Hall–Kier alpha value is -1.84. The molecule has 0 aliphatic carbocycles. The van der Waals surface area contributed by atoms with Crippen LogP contribution in [-0.4, -0.2) is 11.8 Å². The fourth-order valence-corrected chi connectivity index (χ4v) is 1.21. The Labute approximate surface area is 108 Å². The van der Waals surface area contributed by atoms with Gasteiger partial charge in [-0.2, -0.15) is 0 Å². The summed E-state index contributed by atoms with van der Waals surface area (Å²) >= 11 is 0. The van der Waals surface area contributed by atoms with Crippen molar-refractivity contribution >= 4 is 23.2 Å². The molecule has 4 heteroatoms. The second-order valence-electron chi connectivity index (χ2n) is 4.87. The third-order valence-corrected chi connectivity index (χ3v) is 2.47. The van der Waals surface area contributed by atoms with Crippen molar-refractivity contribution in [2.45, 2.75) is 27.7 Å². The lowest BCUT2D eigenvalue weighted by Gasteiger charge is -2.10. The number of benzene rings is 1. The molecule has 0 aliphatic rings. The van der Waals surface area contributed by atoms with Crippen molar-refractivity contribution in [3.8, 4) is 0 Å². The van der Waals surface area contributed by atoms with Crippen molar-refractivity contribution in [1.29, 1.82) is 0 Å². The zero-order valence-corrected chi connectivity index (χ0v) is 11.3. The quantitative estimate of drug-likeness (QED) is 0.860. The van der Waals surface area contributed by atoms with Crippen molar-refractivity contribution in [3.63, 3.8) is 0 Å². The standard InChI is InChI=1S/C14H20N2O2/c1-9(2)13(17)15-11-5-7-12(8-6-11)16-14(18)10(3)4/h5-10H,1-4H3,(H,15,17)(H,16,18). The molecule has 0 heterocycles. The van der Waals surface area contributed by atoms with E-state index < -0.39 is 0 Å². The molecule has 0 aromatic heterocycles. The zero-order valence-electron chi connectivity index (χ0n) is 11.3. The van der Waals surface area contributed by atoms with Crippen molar-refractivity contribution in [1.82, 2.24) is 0 Å². The molecule has 2 amide bonds. The first kappa shape index (κ1) is 14.2. The van der Waals surface area contributed by atoms with Gasteiger partial charge in [-0.15, -0.1) is 0 Å². The average Bonchev–Trinajstić information content (AvgIpc) is 2.31. The van der Waals surface area contributed by atoms with Gasteiger partial charge in [0, 0.05) is 23.2 Å². The molecule has 0 atom stereocenters. The summed E-state index contributed by atoms with van der Waals surface area (Å²) in [5.74, 6) is -0.140. The Morgan fingerprint density at radius 3 is 1.28 bits per heavy atom. The highest BCUT2D eigenvalue weighted by Crippen LogP contribution is 2.15. The molecule has 4 nitrogen and oxygen atoms in total. The van der Waals surface area contributed by atoms with Gasteiger partial charge in [-0.05, 0) is 24.3 Å². The van der Waals surface area contributed by atoms with Crippen LogP contribution in [0.3, 0.4) is 0 Å². The second kappa shape index (κ2) is 6.19. The number of amides is 2. The topological polar surface area (TPSA) is 58.2 Å². The summed E-state index contributed by atoms with van der Waals surface area (Å²) < 4.78 is 0. The monoisotopic (exact) mass is 248 g/mol. The maximum atomic E-state index is 11.5. The third kappa shape index (κ3) is 4.20. The van der Waals surface area contributed by atoms with Gasteiger partial charge < -0.3 is 10.6 Å². The van der Waals surface area contributed by atoms with Crippen LogP contribution in [0.25, 0.3) is 0 Å². The van der Waals surface area contributed by atoms with Crippen LogP contribution in [0.2, 0.25) is 0 Å². The molecule has 0 spiro atoms. The van der Waals surface area contributed by atoms with Crippen LogP contribution in [0.1, 0.15) is 27.7 Å². The van der Waals surface area contributed by atoms with E-state index in [0.29, 0.717) is 0 Å². The molecule has 1 rings (SSSR count). The first-order valence-electron chi connectivity index (χ1n) is 6.12. The van der Waals surface area contributed by atoms with E-state index in [0.717, 1.165) is 11.4 Å². The largest absolute Gasteiger partial charge is 0.326 e. The number of carbonyl (C=O) groups is 2. The van der Waals surface area contributed by atoms with Crippen molar-refractivity contribution in [2.75, 3.05) is 10.6 Å². The van der Waals surface area contributed by atoms with Crippen LogP contribution in [0.4, 0.5) is 11.4 Å². The molecule has 98 valence electrons. The normalized spacial score (nSPS) is 10.6. The molecular formula is C14H20N2O2. The lowest BCUT2D eigenvalue weighted by Crippen LogP contribution is -2.18. The van der Waals surface area contributed by atoms with Crippen LogP contribution < -0.4 is 10.6 Å². The Morgan fingerprint density at radius 2 is 1.06 bits per heavy atom. The Kier molecular flexibility index (Phi) is 4.89. The van der Waals surface area contributed by atoms with Crippen molar-refractivity contribution in [2.24, 2.45) is 11.8 Å². The minimum absolute atomic E-state index is 0.0195. The molecule has 0 saturated heterocycles. The van der Waals surface area contributed by atoms with E-state index in [1.807, 2.05) is 27.7 Å². The number of hydrogen-bond donors (Lipinski definition) is 2. The molecule has 1 aromatic carbocycles. The van der Waals surface area contributed by atoms with E-state index >= 15 is 0 Å². The molecular weight excluding hydrogens is 228 g/mol. The Bertz CT molecular complexity index is 381. The summed E-state index contributed by atoms with van der Waals surface area (Å²) in [6.07, 6.45) is 0. The summed E-state index contributed by atoms with van der Waals surface area (Å²) in [5, 5.41) is 5.59. The van der Waals surface area contributed by atoms with Gasteiger partial charge in [-0.25, -0.2) is 0 Å². The van der Waals surface area contributed by atoms with Crippen molar-refractivity contribution in [3.05, 3.63) is 24.3 Å². The molecule has 0 aliphatic heterocycles. The lowest BCUT2D eigenvalue weighted by atomic mass is 10.2. The summed E-state index contributed by atoms with van der Waals surface area (Å²) in [4.78, 5) is 23.0. The number of nitrogens with one attached hydrogen (secondary N) is 2. The van der Waals surface area contributed by atoms with Gasteiger partial charge in [0.25, 0.3) is 0 Å². The summed E-state index contributed by atoms with van der Waals surface area (Å²) in [6, 6.07) is 7.10. The van der Waals surface area contributed by atoms with Crippen LogP contribution in [0.15, 0.2) is 24.3 Å². The van der Waals surface area contributed by atoms with Gasteiger partial charge in [0.1, 0.15) is 0 Å². The van der Waals surface area contributed by atoms with Gasteiger partial charge in [0.05, 0.1) is 0 Å². The van der Waals surface area contributed by atoms with Crippen LogP contribution in [0, 0.1) is 11.8 Å². The molecule has 2 N–H and O–H groups in total. The molecule has 0 radical (unpaired) electrons. The van der Waals surface area contributed by atoms with E-state index in [2.05, 4.69) is 10.6 Å². The van der Waals surface area contributed by atoms with Crippen molar-refractivity contribution < 1.29 is 9.59 Å². The second-order valence-corrected chi connectivity index (χ2v) is 4.87. The molecule has 18 heavy (non-hydrogen) atoms. The summed E-state index contributed by atoms with van der Waals surface area (Å²) in [7, 11) is 0. The molecule has 0 bridgehead atoms. The highest BCUT2D eigenvalue weighted by molar-refractivity contribution is 5.94. The number of rotatable bonds is 4. The zero-order chi connectivity index (χ0) is 13.7. The van der Waals surface area contributed by atoms with E-state index in [9.17, 15) is 9.59 Å². The fourth-order valence-electron chi connectivity index (χ4n) is 1.21. The van der Waals surface area contributed by atoms with E-state index in [-0.39, 0.29) is 23.7 Å². The molecule has 0 fully saturated rings. The van der Waals surface area contributed by atoms with Gasteiger partial charge in [-0.1, -0.05) is 27.7 Å². The lowest BCUT2D eigenvalue weighted by molar-refractivity contribution is -0.119. The highest BCUT2D eigenvalue weighted by Gasteiger charge is 2.08. The predicted octanol–water partition coefficient (Wildman–Crippen LogP) is 2.88. The molecule has 0 saturated carbocycles. The number of hydrogen-bond acceptors (Lipinski definition) is 2. The van der Waals surface area contributed by atoms with Gasteiger partial charge >= 0.3 is 0 Å². The molecule has 1 aromatic rings.